The molecule has 0 aliphatic carbocycles. The van der Waals surface area contributed by atoms with Crippen molar-refractivity contribution in [1.29, 1.82) is 0 Å². The third-order valence-electron chi connectivity index (χ3n) is 4.06. The molecule has 9 nitrogen and oxygen atoms in total. The smallest absolute Gasteiger partial charge is 0.269 e. The van der Waals surface area contributed by atoms with Crippen molar-refractivity contribution in [3.8, 4) is 0 Å². The number of benzene rings is 2. The summed E-state index contributed by atoms with van der Waals surface area (Å²) in [5.41, 5.74) is 0.996. The number of non-ortho nitro benzene ring substituents is 1. The predicted octanol–water partition coefficient (Wildman–Crippen LogP) is 1.87. The van der Waals surface area contributed by atoms with Crippen molar-refractivity contribution in [2.75, 3.05) is 18.9 Å². The second kappa shape index (κ2) is 8.25. The van der Waals surface area contributed by atoms with Crippen molar-refractivity contribution in [1.82, 2.24) is 4.90 Å². The lowest BCUT2D eigenvalue weighted by molar-refractivity contribution is -0.384. The van der Waals surface area contributed by atoms with E-state index in [1.54, 1.807) is 30.1 Å². The van der Waals surface area contributed by atoms with Crippen LogP contribution in [0.1, 0.15) is 18.5 Å². The van der Waals surface area contributed by atoms with E-state index < -0.39 is 14.9 Å². The Hall–Kier alpha value is -2.82. The first-order valence-electron chi connectivity index (χ1n) is 7.95. The number of carbonyl (C=O) groups excluding carboxylic acids is 1. The highest BCUT2D eigenvalue weighted by molar-refractivity contribution is 7.89. The van der Waals surface area contributed by atoms with Gasteiger partial charge in [0.15, 0.2) is 0 Å². The number of nitro benzene ring substituents is 1. The van der Waals surface area contributed by atoms with Gasteiger partial charge in [-0.25, -0.2) is 13.6 Å². The zero-order valence-corrected chi connectivity index (χ0v) is 15.6. The Morgan fingerprint density at radius 3 is 2.56 bits per heavy atom. The van der Waals surface area contributed by atoms with Crippen LogP contribution in [-0.4, -0.2) is 37.7 Å². The SMILES string of the molecule is CC(c1cccc([N+](=O)[O-])c1)N(C)CC(=O)Nc1cccc(S(N)(=O)=O)c1. The van der Waals surface area contributed by atoms with Crippen LogP contribution in [0.15, 0.2) is 53.4 Å². The zero-order chi connectivity index (χ0) is 20.2. The van der Waals surface area contributed by atoms with E-state index in [4.69, 9.17) is 5.14 Å². The minimum absolute atomic E-state index is 0.00343. The van der Waals surface area contributed by atoms with Crippen LogP contribution in [0.3, 0.4) is 0 Å². The number of nitrogens with zero attached hydrogens (tertiary/aromatic N) is 2. The lowest BCUT2D eigenvalue weighted by atomic mass is 10.1. The molecule has 0 spiro atoms. The summed E-state index contributed by atoms with van der Waals surface area (Å²) in [5.74, 6) is -0.360. The molecule has 0 heterocycles. The Morgan fingerprint density at radius 1 is 1.26 bits per heavy atom. The van der Waals surface area contributed by atoms with E-state index >= 15 is 0 Å². The molecule has 1 unspecified atom stereocenters. The maximum Gasteiger partial charge on any atom is 0.269 e. The van der Waals surface area contributed by atoms with Gasteiger partial charge in [0.2, 0.25) is 15.9 Å². The van der Waals surface area contributed by atoms with Gasteiger partial charge in [0.25, 0.3) is 5.69 Å². The fraction of sp³-hybridized carbons (Fsp3) is 0.235. The van der Waals surface area contributed by atoms with Crippen LogP contribution in [-0.2, 0) is 14.8 Å². The quantitative estimate of drug-likeness (QED) is 0.545. The average Bonchev–Trinajstić information content (AvgIpc) is 2.60. The molecule has 0 saturated heterocycles. The first-order chi connectivity index (χ1) is 12.6. The standard InChI is InChI=1S/C17H20N4O5S/c1-12(13-5-3-7-15(9-13)21(23)24)20(2)11-17(22)19-14-6-4-8-16(10-14)27(18,25)26/h3-10,12H,11H2,1-2H3,(H,19,22)(H2,18,25,26). The summed E-state index contributed by atoms with van der Waals surface area (Å²) in [5, 5.41) is 18.6. The molecule has 0 aliphatic rings. The van der Waals surface area contributed by atoms with Crippen LogP contribution >= 0.6 is 0 Å². The van der Waals surface area contributed by atoms with Gasteiger partial charge < -0.3 is 5.32 Å². The Morgan fingerprint density at radius 2 is 1.93 bits per heavy atom. The van der Waals surface area contributed by atoms with Crippen LogP contribution in [0, 0.1) is 10.1 Å². The van der Waals surface area contributed by atoms with Crippen LogP contribution in [0.2, 0.25) is 0 Å². The zero-order valence-electron chi connectivity index (χ0n) is 14.8. The van der Waals surface area contributed by atoms with Crippen molar-refractivity contribution in [3.05, 3.63) is 64.2 Å². The lowest BCUT2D eigenvalue weighted by Crippen LogP contribution is -2.32. The third-order valence-corrected chi connectivity index (χ3v) is 4.97. The fourth-order valence-electron chi connectivity index (χ4n) is 2.47. The first-order valence-corrected chi connectivity index (χ1v) is 9.50. The predicted molar refractivity (Wildman–Crippen MR) is 101 cm³/mol. The summed E-state index contributed by atoms with van der Waals surface area (Å²) in [4.78, 5) is 24.3. The van der Waals surface area contributed by atoms with E-state index in [9.17, 15) is 23.3 Å². The topological polar surface area (TPSA) is 136 Å². The van der Waals surface area contributed by atoms with Crippen LogP contribution in [0.25, 0.3) is 0 Å². The molecule has 0 radical (unpaired) electrons. The summed E-state index contributed by atoms with van der Waals surface area (Å²) in [6.07, 6.45) is 0. The van der Waals surface area contributed by atoms with Crippen molar-refractivity contribution in [2.24, 2.45) is 5.14 Å². The van der Waals surface area contributed by atoms with Gasteiger partial charge in [-0.05, 0) is 37.7 Å². The maximum absolute atomic E-state index is 12.3. The van der Waals surface area contributed by atoms with Gasteiger partial charge in [0.1, 0.15) is 0 Å². The molecular formula is C17H20N4O5S. The van der Waals surface area contributed by atoms with E-state index in [1.807, 2.05) is 6.92 Å². The van der Waals surface area contributed by atoms with Gasteiger partial charge in [-0.3, -0.25) is 19.8 Å². The Labute approximate surface area is 157 Å². The van der Waals surface area contributed by atoms with Gasteiger partial charge >= 0.3 is 0 Å². The van der Waals surface area contributed by atoms with E-state index in [2.05, 4.69) is 5.32 Å². The number of anilines is 1. The summed E-state index contributed by atoms with van der Waals surface area (Å²) in [6.45, 7) is 1.83. The molecule has 0 bridgehead atoms. The normalized spacial score (nSPS) is 12.6. The van der Waals surface area contributed by atoms with Crippen LogP contribution < -0.4 is 10.5 Å². The molecule has 2 aromatic rings. The van der Waals surface area contributed by atoms with Crippen molar-refractivity contribution in [3.63, 3.8) is 0 Å². The summed E-state index contributed by atoms with van der Waals surface area (Å²) >= 11 is 0. The third kappa shape index (κ3) is 5.58. The second-order valence-electron chi connectivity index (χ2n) is 6.06. The minimum Gasteiger partial charge on any atom is -0.325 e. The second-order valence-corrected chi connectivity index (χ2v) is 7.63. The van der Waals surface area contributed by atoms with E-state index in [1.165, 1.54) is 30.3 Å². The molecular weight excluding hydrogens is 372 g/mol. The molecule has 2 aromatic carbocycles. The molecule has 0 aliphatic heterocycles. The summed E-state index contributed by atoms with van der Waals surface area (Å²) in [6, 6.07) is 11.6. The molecule has 0 aromatic heterocycles. The van der Waals surface area contributed by atoms with Gasteiger partial charge in [-0.2, -0.15) is 0 Å². The highest BCUT2D eigenvalue weighted by atomic mass is 32.2. The fourth-order valence-corrected chi connectivity index (χ4v) is 3.03. The van der Waals surface area contributed by atoms with E-state index in [-0.39, 0.29) is 29.1 Å². The number of sulfonamides is 1. The number of nitro groups is 1. The number of amides is 1. The minimum atomic E-state index is -3.86. The molecule has 0 fully saturated rings. The van der Waals surface area contributed by atoms with Crippen molar-refractivity contribution >= 4 is 27.3 Å². The van der Waals surface area contributed by atoms with Crippen molar-refractivity contribution in [2.45, 2.75) is 17.9 Å². The van der Waals surface area contributed by atoms with Crippen LogP contribution in [0.4, 0.5) is 11.4 Å². The van der Waals surface area contributed by atoms with Crippen molar-refractivity contribution < 1.29 is 18.1 Å². The van der Waals surface area contributed by atoms with Gasteiger partial charge in [-0.15, -0.1) is 0 Å². The number of carbonyl (C=O) groups is 1. The Kier molecular flexibility index (Phi) is 6.26. The number of hydrogen-bond acceptors (Lipinski definition) is 6. The summed E-state index contributed by atoms with van der Waals surface area (Å²) in [7, 11) is -2.15. The number of hydrogen-bond donors (Lipinski definition) is 2. The maximum atomic E-state index is 12.3. The molecule has 10 heteroatoms. The summed E-state index contributed by atoms with van der Waals surface area (Å²) < 4.78 is 22.8. The average molecular weight is 392 g/mol. The molecule has 1 atom stereocenters. The number of nitrogens with one attached hydrogen (secondary N) is 1. The monoisotopic (exact) mass is 392 g/mol. The Balaban J connectivity index is 2.05. The van der Waals surface area contributed by atoms with Gasteiger partial charge in [-0.1, -0.05) is 18.2 Å². The molecule has 0 saturated carbocycles. The number of likely N-dealkylation sites (N-methyl/N-ethyl adjacent to an activating group) is 1. The molecule has 144 valence electrons. The molecule has 2 rings (SSSR count). The number of nitrogens with two attached hydrogens (primary N) is 1. The number of primary sulfonamides is 1. The molecule has 1 amide bonds. The molecule has 3 N–H and O–H groups in total. The van der Waals surface area contributed by atoms with E-state index in [0.717, 1.165) is 0 Å². The van der Waals surface area contributed by atoms with E-state index in [0.29, 0.717) is 11.3 Å². The molecule has 27 heavy (non-hydrogen) atoms. The lowest BCUT2D eigenvalue weighted by Gasteiger charge is -2.24. The first kappa shape index (κ1) is 20.5. The highest BCUT2D eigenvalue weighted by Gasteiger charge is 2.18. The van der Waals surface area contributed by atoms with Crippen LogP contribution in [0.5, 0.6) is 0 Å². The highest BCUT2D eigenvalue weighted by Crippen LogP contribution is 2.23. The largest absolute Gasteiger partial charge is 0.325 e. The van der Waals surface area contributed by atoms with Gasteiger partial charge in [0, 0.05) is 23.9 Å². The van der Waals surface area contributed by atoms with Gasteiger partial charge in [0.05, 0.1) is 16.4 Å². The number of rotatable bonds is 7. The Bertz CT molecular complexity index is 961.